The molecule has 106 valence electrons. The lowest BCUT2D eigenvalue weighted by Crippen LogP contribution is -2.24. The third-order valence-corrected chi connectivity index (χ3v) is 3.12. The third kappa shape index (κ3) is 5.85. The van der Waals surface area contributed by atoms with Crippen LogP contribution in [0.5, 0.6) is 0 Å². The van der Waals surface area contributed by atoms with Crippen molar-refractivity contribution in [3.05, 3.63) is 35.4 Å². The smallest absolute Gasteiger partial charge is 0.307 e. The van der Waals surface area contributed by atoms with Gasteiger partial charge < -0.3 is 14.6 Å². The lowest BCUT2D eigenvalue weighted by Gasteiger charge is -2.22. The fraction of sp³-hybridized carbons (Fsp3) is 0.533. The van der Waals surface area contributed by atoms with Crippen LogP contribution in [0.3, 0.4) is 0 Å². The minimum Gasteiger partial charge on any atom is -0.481 e. The Labute approximate surface area is 114 Å². The quantitative estimate of drug-likeness (QED) is 0.735. The van der Waals surface area contributed by atoms with E-state index in [0.717, 1.165) is 17.5 Å². The molecule has 0 atom stereocenters. The molecule has 0 fully saturated rings. The van der Waals surface area contributed by atoms with Gasteiger partial charge in [-0.15, -0.1) is 0 Å². The summed E-state index contributed by atoms with van der Waals surface area (Å²) >= 11 is 0. The van der Waals surface area contributed by atoms with Crippen LogP contribution in [0.25, 0.3) is 0 Å². The summed E-state index contributed by atoms with van der Waals surface area (Å²) in [5.74, 6) is -0.826. The SMILES string of the molecule is COC(C)(C)CCOCc1ccccc1CC(=O)O. The highest BCUT2D eigenvalue weighted by Gasteiger charge is 2.15. The van der Waals surface area contributed by atoms with Gasteiger partial charge in [0, 0.05) is 13.7 Å². The van der Waals surface area contributed by atoms with Crippen LogP contribution in [0.4, 0.5) is 0 Å². The van der Waals surface area contributed by atoms with Crippen LogP contribution in [0.2, 0.25) is 0 Å². The van der Waals surface area contributed by atoms with Gasteiger partial charge in [0.1, 0.15) is 0 Å². The molecule has 0 amide bonds. The normalized spacial score (nSPS) is 11.5. The van der Waals surface area contributed by atoms with Gasteiger partial charge in [0.15, 0.2) is 0 Å². The van der Waals surface area contributed by atoms with Gasteiger partial charge in [0.25, 0.3) is 0 Å². The second-order valence-corrected chi connectivity index (χ2v) is 5.11. The lowest BCUT2D eigenvalue weighted by atomic mass is 10.0. The first kappa shape index (κ1) is 15.7. The van der Waals surface area contributed by atoms with Gasteiger partial charge in [-0.3, -0.25) is 4.79 Å². The molecular weight excluding hydrogens is 244 g/mol. The monoisotopic (exact) mass is 266 g/mol. The van der Waals surface area contributed by atoms with Gasteiger partial charge in [0.05, 0.1) is 18.6 Å². The average Bonchev–Trinajstić information content (AvgIpc) is 2.36. The molecule has 1 aromatic carbocycles. The molecule has 0 aliphatic rings. The van der Waals surface area contributed by atoms with Gasteiger partial charge in [-0.25, -0.2) is 0 Å². The van der Waals surface area contributed by atoms with Gasteiger partial charge in [-0.1, -0.05) is 24.3 Å². The Kier molecular flexibility index (Phi) is 5.99. The highest BCUT2D eigenvalue weighted by atomic mass is 16.5. The van der Waals surface area contributed by atoms with Crippen molar-refractivity contribution in [2.75, 3.05) is 13.7 Å². The second-order valence-electron chi connectivity index (χ2n) is 5.11. The van der Waals surface area contributed by atoms with E-state index >= 15 is 0 Å². The van der Waals surface area contributed by atoms with Crippen LogP contribution < -0.4 is 0 Å². The molecule has 0 unspecified atom stereocenters. The van der Waals surface area contributed by atoms with E-state index in [0.29, 0.717) is 13.2 Å². The molecule has 4 heteroatoms. The highest BCUT2D eigenvalue weighted by molar-refractivity contribution is 5.70. The summed E-state index contributed by atoms with van der Waals surface area (Å²) in [6, 6.07) is 7.46. The summed E-state index contributed by atoms with van der Waals surface area (Å²) in [4.78, 5) is 10.8. The zero-order valence-corrected chi connectivity index (χ0v) is 11.8. The fourth-order valence-electron chi connectivity index (χ4n) is 1.64. The van der Waals surface area contributed by atoms with Crippen molar-refractivity contribution in [3.8, 4) is 0 Å². The van der Waals surface area contributed by atoms with Crippen LogP contribution in [-0.2, 0) is 27.3 Å². The Morgan fingerprint density at radius 1 is 1.26 bits per heavy atom. The van der Waals surface area contributed by atoms with Gasteiger partial charge in [0.2, 0.25) is 0 Å². The standard InChI is InChI=1S/C15H22O4/c1-15(2,18-3)8-9-19-11-13-7-5-4-6-12(13)10-14(16)17/h4-7H,8-11H2,1-3H3,(H,16,17). The van der Waals surface area contributed by atoms with Crippen molar-refractivity contribution in [3.63, 3.8) is 0 Å². The predicted molar refractivity (Wildman–Crippen MR) is 73.1 cm³/mol. The maximum absolute atomic E-state index is 10.8. The molecule has 0 saturated carbocycles. The summed E-state index contributed by atoms with van der Waals surface area (Å²) in [6.07, 6.45) is 0.827. The maximum atomic E-state index is 10.8. The fourth-order valence-corrected chi connectivity index (χ4v) is 1.64. The molecule has 19 heavy (non-hydrogen) atoms. The number of carboxylic acids is 1. The predicted octanol–water partition coefficient (Wildman–Crippen LogP) is 2.65. The number of carbonyl (C=O) groups is 1. The van der Waals surface area contributed by atoms with Crippen LogP contribution in [0.1, 0.15) is 31.4 Å². The van der Waals surface area contributed by atoms with Crippen molar-refractivity contribution >= 4 is 5.97 Å². The van der Waals surface area contributed by atoms with Gasteiger partial charge in [-0.2, -0.15) is 0 Å². The molecule has 1 rings (SSSR count). The first-order valence-corrected chi connectivity index (χ1v) is 6.36. The third-order valence-electron chi connectivity index (χ3n) is 3.12. The average molecular weight is 266 g/mol. The van der Waals surface area contributed by atoms with E-state index < -0.39 is 5.97 Å². The summed E-state index contributed by atoms with van der Waals surface area (Å²) in [5, 5.41) is 8.84. The molecule has 0 aromatic heterocycles. The number of hydrogen-bond acceptors (Lipinski definition) is 3. The molecule has 0 aliphatic carbocycles. The van der Waals surface area contributed by atoms with Crippen LogP contribution in [0, 0.1) is 0 Å². The number of hydrogen-bond donors (Lipinski definition) is 1. The van der Waals surface area contributed by atoms with Crippen LogP contribution in [0.15, 0.2) is 24.3 Å². The summed E-state index contributed by atoms with van der Waals surface area (Å²) in [6.45, 7) is 5.04. The largest absolute Gasteiger partial charge is 0.481 e. The van der Waals surface area contributed by atoms with E-state index in [1.54, 1.807) is 7.11 Å². The molecular formula is C15H22O4. The molecule has 1 N–H and O–H groups in total. The van der Waals surface area contributed by atoms with Crippen molar-refractivity contribution < 1.29 is 19.4 Å². The van der Waals surface area contributed by atoms with Gasteiger partial charge >= 0.3 is 5.97 Å². The first-order chi connectivity index (χ1) is 8.94. The molecule has 0 aliphatic heterocycles. The maximum Gasteiger partial charge on any atom is 0.307 e. The second kappa shape index (κ2) is 7.26. The van der Waals surface area contributed by atoms with E-state index in [-0.39, 0.29) is 12.0 Å². The zero-order chi connectivity index (χ0) is 14.3. The highest BCUT2D eigenvalue weighted by Crippen LogP contribution is 2.15. The van der Waals surface area contributed by atoms with E-state index in [1.165, 1.54) is 0 Å². The summed E-state index contributed by atoms with van der Waals surface area (Å²) < 4.78 is 10.9. The summed E-state index contributed by atoms with van der Waals surface area (Å²) in [5.41, 5.74) is 1.54. The molecule has 0 bridgehead atoms. The van der Waals surface area contributed by atoms with E-state index in [4.69, 9.17) is 14.6 Å². The van der Waals surface area contributed by atoms with Crippen LogP contribution >= 0.6 is 0 Å². The topological polar surface area (TPSA) is 55.8 Å². The van der Waals surface area contributed by atoms with Crippen molar-refractivity contribution in [1.29, 1.82) is 0 Å². The molecule has 0 spiro atoms. The van der Waals surface area contributed by atoms with E-state index in [2.05, 4.69) is 0 Å². The minimum absolute atomic E-state index is 0.0309. The molecule has 0 saturated heterocycles. The Morgan fingerprint density at radius 2 is 1.89 bits per heavy atom. The number of benzene rings is 1. The minimum atomic E-state index is -0.826. The van der Waals surface area contributed by atoms with Gasteiger partial charge in [-0.05, 0) is 31.4 Å². The van der Waals surface area contributed by atoms with Crippen molar-refractivity contribution in [1.82, 2.24) is 0 Å². The Hall–Kier alpha value is -1.39. The Morgan fingerprint density at radius 3 is 2.47 bits per heavy atom. The van der Waals surface area contributed by atoms with Crippen LogP contribution in [-0.4, -0.2) is 30.4 Å². The van der Waals surface area contributed by atoms with E-state index in [9.17, 15) is 4.79 Å². The summed E-state index contributed by atoms with van der Waals surface area (Å²) in [7, 11) is 1.68. The van der Waals surface area contributed by atoms with Crippen molar-refractivity contribution in [2.24, 2.45) is 0 Å². The lowest BCUT2D eigenvalue weighted by molar-refractivity contribution is -0.136. The van der Waals surface area contributed by atoms with Crippen molar-refractivity contribution in [2.45, 2.75) is 38.9 Å². The molecule has 0 heterocycles. The number of methoxy groups -OCH3 is 1. The number of aliphatic carboxylic acids is 1. The number of ether oxygens (including phenoxy) is 2. The van der Waals surface area contributed by atoms with E-state index in [1.807, 2.05) is 38.1 Å². The zero-order valence-electron chi connectivity index (χ0n) is 11.8. The first-order valence-electron chi connectivity index (χ1n) is 6.36. The number of carboxylic acid groups (broad SMARTS) is 1. The molecule has 4 nitrogen and oxygen atoms in total. The Balaban J connectivity index is 2.47. The molecule has 0 radical (unpaired) electrons. The molecule has 1 aromatic rings. The Bertz CT molecular complexity index is 412. The number of rotatable bonds is 8.